The number of amides is 1. The van der Waals surface area contributed by atoms with Gasteiger partial charge in [-0.1, -0.05) is 11.6 Å². The van der Waals surface area contributed by atoms with Gasteiger partial charge in [0.1, 0.15) is 17.3 Å². The van der Waals surface area contributed by atoms with Gasteiger partial charge in [0.15, 0.2) is 0 Å². The summed E-state index contributed by atoms with van der Waals surface area (Å²) in [6, 6.07) is 1.51. The maximum atomic E-state index is 11.8. The van der Waals surface area contributed by atoms with Gasteiger partial charge in [-0.25, -0.2) is 9.97 Å². The van der Waals surface area contributed by atoms with Crippen LogP contribution in [-0.2, 0) is 9.53 Å². The zero-order chi connectivity index (χ0) is 12.3. The fourth-order valence-electron chi connectivity index (χ4n) is 1.91. The summed E-state index contributed by atoms with van der Waals surface area (Å²) in [6.45, 7) is 0. The Hall–Kier alpha value is -1.20. The van der Waals surface area contributed by atoms with Crippen LogP contribution in [0.1, 0.15) is 25.7 Å². The summed E-state index contributed by atoms with van der Waals surface area (Å²) in [5.41, 5.74) is -0.277. The van der Waals surface area contributed by atoms with Gasteiger partial charge in [-0.2, -0.15) is 0 Å². The van der Waals surface area contributed by atoms with E-state index in [1.54, 1.807) is 7.11 Å². The second-order valence-corrected chi connectivity index (χ2v) is 4.58. The largest absolute Gasteiger partial charge is 0.378 e. The number of ether oxygens (including phenoxy) is 1. The standard InChI is InChI=1S/C11H14ClN3O2/c1-17-11(3-2-4-11)6-10(16)15-9-5-8(12)13-7-14-9/h5,7H,2-4,6H2,1H3,(H,13,14,15,16). The first-order chi connectivity index (χ1) is 8.13. The molecule has 0 unspecified atom stereocenters. The molecular weight excluding hydrogens is 242 g/mol. The molecule has 1 aliphatic rings. The number of carbonyl (C=O) groups is 1. The van der Waals surface area contributed by atoms with E-state index in [4.69, 9.17) is 16.3 Å². The first kappa shape index (κ1) is 12.3. The van der Waals surface area contributed by atoms with E-state index in [1.165, 1.54) is 12.4 Å². The molecule has 0 saturated heterocycles. The number of hydrogen-bond donors (Lipinski definition) is 1. The van der Waals surface area contributed by atoms with Crippen molar-refractivity contribution in [3.05, 3.63) is 17.5 Å². The van der Waals surface area contributed by atoms with E-state index in [0.717, 1.165) is 19.3 Å². The molecule has 0 aromatic carbocycles. The van der Waals surface area contributed by atoms with E-state index >= 15 is 0 Å². The lowest BCUT2D eigenvalue weighted by Crippen LogP contribution is -2.42. The molecule has 1 aromatic heterocycles. The van der Waals surface area contributed by atoms with Gasteiger partial charge in [0.2, 0.25) is 5.91 Å². The molecule has 1 aliphatic carbocycles. The van der Waals surface area contributed by atoms with E-state index < -0.39 is 0 Å². The molecular formula is C11H14ClN3O2. The maximum absolute atomic E-state index is 11.8. The summed E-state index contributed by atoms with van der Waals surface area (Å²) < 4.78 is 5.39. The van der Waals surface area contributed by atoms with E-state index in [-0.39, 0.29) is 11.5 Å². The van der Waals surface area contributed by atoms with Crippen molar-refractivity contribution < 1.29 is 9.53 Å². The van der Waals surface area contributed by atoms with Gasteiger partial charge in [-0.3, -0.25) is 4.79 Å². The van der Waals surface area contributed by atoms with E-state index in [9.17, 15) is 4.79 Å². The number of nitrogens with one attached hydrogen (secondary N) is 1. The van der Waals surface area contributed by atoms with Gasteiger partial charge in [0, 0.05) is 13.2 Å². The highest BCUT2D eigenvalue weighted by atomic mass is 35.5. The molecule has 0 spiro atoms. The average Bonchev–Trinajstić information content (AvgIpc) is 2.23. The molecule has 17 heavy (non-hydrogen) atoms. The molecule has 1 amide bonds. The number of methoxy groups -OCH3 is 1. The fourth-order valence-corrected chi connectivity index (χ4v) is 2.05. The minimum atomic E-state index is -0.277. The summed E-state index contributed by atoms with van der Waals surface area (Å²) >= 11 is 5.70. The van der Waals surface area contributed by atoms with Crippen molar-refractivity contribution in [1.29, 1.82) is 0 Å². The minimum Gasteiger partial charge on any atom is -0.378 e. The Morgan fingerprint density at radius 1 is 1.59 bits per heavy atom. The monoisotopic (exact) mass is 255 g/mol. The Bertz CT molecular complexity index is 415. The molecule has 1 saturated carbocycles. The Morgan fingerprint density at radius 2 is 2.35 bits per heavy atom. The first-order valence-corrected chi connectivity index (χ1v) is 5.84. The van der Waals surface area contributed by atoms with Gasteiger partial charge in [-0.05, 0) is 19.3 Å². The lowest BCUT2D eigenvalue weighted by atomic mass is 9.77. The summed E-state index contributed by atoms with van der Waals surface area (Å²) in [5.74, 6) is 0.307. The third kappa shape index (κ3) is 2.92. The molecule has 1 fully saturated rings. The van der Waals surface area contributed by atoms with Gasteiger partial charge in [0.25, 0.3) is 0 Å². The molecule has 1 aromatic rings. The Balaban J connectivity index is 1.93. The van der Waals surface area contributed by atoms with Crippen LogP contribution in [0.15, 0.2) is 12.4 Å². The fraction of sp³-hybridized carbons (Fsp3) is 0.545. The van der Waals surface area contributed by atoms with Crippen LogP contribution >= 0.6 is 11.6 Å². The second kappa shape index (κ2) is 4.98. The van der Waals surface area contributed by atoms with Crippen molar-refractivity contribution in [2.75, 3.05) is 12.4 Å². The molecule has 6 heteroatoms. The number of carbonyl (C=O) groups excluding carboxylic acids is 1. The molecule has 1 heterocycles. The Morgan fingerprint density at radius 3 is 2.88 bits per heavy atom. The molecule has 0 radical (unpaired) electrons. The number of halogens is 1. The molecule has 0 aliphatic heterocycles. The van der Waals surface area contributed by atoms with E-state index in [2.05, 4.69) is 15.3 Å². The Kier molecular flexibility index (Phi) is 3.59. The van der Waals surface area contributed by atoms with Crippen molar-refractivity contribution in [2.24, 2.45) is 0 Å². The summed E-state index contributed by atoms with van der Waals surface area (Å²) in [5, 5.41) is 2.99. The van der Waals surface area contributed by atoms with Crippen molar-refractivity contribution in [3.63, 3.8) is 0 Å². The van der Waals surface area contributed by atoms with Gasteiger partial charge >= 0.3 is 0 Å². The van der Waals surface area contributed by atoms with Crippen LogP contribution in [-0.4, -0.2) is 28.6 Å². The van der Waals surface area contributed by atoms with Crippen LogP contribution in [0.5, 0.6) is 0 Å². The van der Waals surface area contributed by atoms with Gasteiger partial charge < -0.3 is 10.1 Å². The third-order valence-corrected chi connectivity index (χ3v) is 3.29. The molecule has 1 N–H and O–H groups in total. The quantitative estimate of drug-likeness (QED) is 0.836. The third-order valence-electron chi connectivity index (χ3n) is 3.08. The summed E-state index contributed by atoms with van der Waals surface area (Å²) in [4.78, 5) is 19.5. The number of hydrogen-bond acceptors (Lipinski definition) is 4. The van der Waals surface area contributed by atoms with Crippen LogP contribution in [0.4, 0.5) is 5.82 Å². The van der Waals surface area contributed by atoms with Gasteiger partial charge in [-0.15, -0.1) is 0 Å². The van der Waals surface area contributed by atoms with Crippen molar-refractivity contribution in [3.8, 4) is 0 Å². The summed E-state index contributed by atoms with van der Waals surface area (Å²) in [6.07, 6.45) is 4.64. The predicted molar refractivity (Wildman–Crippen MR) is 63.9 cm³/mol. The first-order valence-electron chi connectivity index (χ1n) is 5.46. The average molecular weight is 256 g/mol. The smallest absolute Gasteiger partial charge is 0.228 e. The van der Waals surface area contributed by atoms with Crippen molar-refractivity contribution in [1.82, 2.24) is 9.97 Å². The van der Waals surface area contributed by atoms with Crippen LogP contribution < -0.4 is 5.32 Å². The highest BCUT2D eigenvalue weighted by Crippen LogP contribution is 2.38. The molecule has 5 nitrogen and oxygen atoms in total. The highest BCUT2D eigenvalue weighted by molar-refractivity contribution is 6.29. The second-order valence-electron chi connectivity index (χ2n) is 4.19. The van der Waals surface area contributed by atoms with Crippen LogP contribution in [0, 0.1) is 0 Å². The maximum Gasteiger partial charge on any atom is 0.228 e. The van der Waals surface area contributed by atoms with Crippen molar-refractivity contribution >= 4 is 23.3 Å². The lowest BCUT2D eigenvalue weighted by molar-refractivity contribution is -0.129. The minimum absolute atomic E-state index is 0.110. The number of rotatable bonds is 4. The zero-order valence-electron chi connectivity index (χ0n) is 9.57. The number of anilines is 1. The number of aromatic nitrogens is 2. The van der Waals surface area contributed by atoms with Crippen LogP contribution in [0.25, 0.3) is 0 Å². The molecule has 0 atom stereocenters. The van der Waals surface area contributed by atoms with Gasteiger partial charge in [0.05, 0.1) is 12.0 Å². The topological polar surface area (TPSA) is 64.1 Å². The van der Waals surface area contributed by atoms with E-state index in [0.29, 0.717) is 17.4 Å². The summed E-state index contributed by atoms with van der Waals surface area (Å²) in [7, 11) is 1.65. The predicted octanol–water partition coefficient (Wildman–Crippen LogP) is 2.03. The zero-order valence-corrected chi connectivity index (χ0v) is 10.3. The SMILES string of the molecule is COC1(CC(=O)Nc2cc(Cl)ncn2)CCC1. The van der Waals surface area contributed by atoms with Crippen LogP contribution in [0.2, 0.25) is 5.15 Å². The normalized spacial score (nSPS) is 17.3. The number of nitrogens with zero attached hydrogens (tertiary/aromatic N) is 2. The van der Waals surface area contributed by atoms with E-state index in [1.807, 2.05) is 0 Å². The van der Waals surface area contributed by atoms with Crippen molar-refractivity contribution in [2.45, 2.75) is 31.3 Å². The Labute approximate surface area is 105 Å². The molecule has 92 valence electrons. The lowest BCUT2D eigenvalue weighted by Gasteiger charge is -2.39. The molecule has 0 bridgehead atoms. The van der Waals surface area contributed by atoms with Crippen LogP contribution in [0.3, 0.4) is 0 Å². The molecule has 2 rings (SSSR count). The highest BCUT2D eigenvalue weighted by Gasteiger charge is 2.39.